The zero-order valence-electron chi connectivity index (χ0n) is 10.9. The molecule has 0 radical (unpaired) electrons. The van der Waals surface area contributed by atoms with Gasteiger partial charge in [-0.3, -0.25) is 0 Å². The van der Waals surface area contributed by atoms with Crippen molar-refractivity contribution in [2.75, 3.05) is 13.7 Å². The summed E-state index contributed by atoms with van der Waals surface area (Å²) in [5, 5.41) is 0. The van der Waals surface area contributed by atoms with Crippen molar-refractivity contribution in [3.05, 3.63) is 22.7 Å². The highest BCUT2D eigenvalue weighted by atomic mass is 79.9. The normalized spacial score (nSPS) is 11.8. The highest BCUT2D eigenvalue weighted by molar-refractivity contribution is 9.10. The molecule has 0 aromatic heterocycles. The number of nitrogens with two attached hydrogens (primary N) is 1. The highest BCUT2D eigenvalue weighted by Crippen LogP contribution is 2.24. The first-order valence-electron chi connectivity index (χ1n) is 5.27. The molecule has 0 spiro atoms. The molecule has 0 bridgehead atoms. The molecule has 0 unspecified atom stereocenters. The summed E-state index contributed by atoms with van der Waals surface area (Å²) in [5.41, 5.74) is 5.14. The van der Waals surface area contributed by atoms with Crippen LogP contribution in [0.15, 0.2) is 27.6 Å². The predicted molar refractivity (Wildman–Crippen MR) is 81.4 cm³/mol. The number of methoxy groups -OCH3 is 1. The van der Waals surface area contributed by atoms with Gasteiger partial charge in [0.05, 0.1) is 12.0 Å². The van der Waals surface area contributed by atoms with Crippen LogP contribution in [0, 0.1) is 0 Å². The van der Waals surface area contributed by atoms with Crippen LogP contribution in [0.5, 0.6) is 5.75 Å². The molecule has 0 aliphatic carbocycles. The Kier molecular flexibility index (Phi) is 6.77. The van der Waals surface area contributed by atoms with Gasteiger partial charge < -0.3 is 10.5 Å². The van der Waals surface area contributed by atoms with Gasteiger partial charge in [-0.05, 0) is 26.0 Å². The van der Waals surface area contributed by atoms with Crippen molar-refractivity contribution in [3.8, 4) is 5.75 Å². The minimum Gasteiger partial charge on any atom is -0.497 e. The maximum absolute atomic E-state index is 12.1. The van der Waals surface area contributed by atoms with Crippen LogP contribution < -0.4 is 15.2 Å². The van der Waals surface area contributed by atoms with E-state index >= 15 is 0 Å². The van der Waals surface area contributed by atoms with Gasteiger partial charge in [0.2, 0.25) is 10.0 Å². The lowest BCUT2D eigenvalue weighted by Crippen LogP contribution is -2.45. The number of nitrogens with one attached hydrogen (secondary N) is 1. The van der Waals surface area contributed by atoms with E-state index in [-0.39, 0.29) is 23.8 Å². The first-order valence-corrected chi connectivity index (χ1v) is 7.55. The summed E-state index contributed by atoms with van der Waals surface area (Å²) < 4.78 is 32.2. The Morgan fingerprint density at radius 1 is 1.37 bits per heavy atom. The molecule has 0 saturated heterocycles. The Hall–Kier alpha value is -0.340. The van der Waals surface area contributed by atoms with E-state index in [4.69, 9.17) is 10.5 Å². The van der Waals surface area contributed by atoms with E-state index in [2.05, 4.69) is 20.7 Å². The zero-order chi connectivity index (χ0) is 14.0. The number of halogens is 2. The Bertz CT molecular complexity index is 529. The molecule has 0 atom stereocenters. The van der Waals surface area contributed by atoms with Crippen molar-refractivity contribution >= 4 is 38.4 Å². The smallest absolute Gasteiger partial charge is 0.240 e. The van der Waals surface area contributed by atoms with Crippen molar-refractivity contribution in [2.45, 2.75) is 24.3 Å². The van der Waals surface area contributed by atoms with E-state index in [0.717, 1.165) is 0 Å². The zero-order valence-corrected chi connectivity index (χ0v) is 14.2. The van der Waals surface area contributed by atoms with Gasteiger partial charge in [0.1, 0.15) is 5.75 Å². The first-order chi connectivity index (χ1) is 8.14. The summed E-state index contributed by atoms with van der Waals surface area (Å²) >= 11 is 3.24. The van der Waals surface area contributed by atoms with Gasteiger partial charge in [-0.15, -0.1) is 12.4 Å². The van der Waals surface area contributed by atoms with Crippen molar-refractivity contribution in [3.63, 3.8) is 0 Å². The van der Waals surface area contributed by atoms with Crippen molar-refractivity contribution in [1.29, 1.82) is 0 Å². The summed E-state index contributed by atoms with van der Waals surface area (Å²) in [6.07, 6.45) is 0. The largest absolute Gasteiger partial charge is 0.497 e. The number of hydrogen-bond donors (Lipinski definition) is 2. The predicted octanol–water partition coefficient (Wildman–Crippen LogP) is 1.90. The van der Waals surface area contributed by atoms with Gasteiger partial charge in [0, 0.05) is 22.6 Å². The molecule has 8 heteroatoms. The SMILES string of the molecule is COc1cc(Br)cc(S(=O)(=O)NCC(C)(C)N)c1.Cl. The number of benzene rings is 1. The van der Waals surface area contributed by atoms with Crippen LogP contribution in [-0.4, -0.2) is 27.6 Å². The van der Waals surface area contributed by atoms with Gasteiger partial charge in [0.15, 0.2) is 0 Å². The Morgan fingerprint density at radius 3 is 2.42 bits per heavy atom. The van der Waals surface area contributed by atoms with Crippen molar-refractivity contribution < 1.29 is 13.2 Å². The van der Waals surface area contributed by atoms with Crippen LogP contribution in [0.4, 0.5) is 0 Å². The molecule has 19 heavy (non-hydrogen) atoms. The molecule has 1 aromatic rings. The maximum Gasteiger partial charge on any atom is 0.240 e. The molecule has 0 heterocycles. The highest BCUT2D eigenvalue weighted by Gasteiger charge is 2.19. The van der Waals surface area contributed by atoms with Gasteiger partial charge in [-0.2, -0.15) is 0 Å². The quantitative estimate of drug-likeness (QED) is 0.826. The average molecular weight is 374 g/mol. The van der Waals surface area contributed by atoms with Crippen LogP contribution in [0.2, 0.25) is 0 Å². The maximum atomic E-state index is 12.1. The van der Waals surface area contributed by atoms with Crippen molar-refractivity contribution in [1.82, 2.24) is 4.72 Å². The molecular weight excluding hydrogens is 356 g/mol. The van der Waals surface area contributed by atoms with Gasteiger partial charge in [-0.1, -0.05) is 15.9 Å². The summed E-state index contributed by atoms with van der Waals surface area (Å²) in [4.78, 5) is 0.137. The van der Waals surface area contributed by atoms with E-state index in [1.54, 1.807) is 19.9 Å². The Morgan fingerprint density at radius 2 is 1.95 bits per heavy atom. The molecule has 1 aromatic carbocycles. The third-order valence-corrected chi connectivity index (χ3v) is 3.95. The van der Waals surface area contributed by atoms with E-state index < -0.39 is 15.6 Å². The lowest BCUT2D eigenvalue weighted by Gasteiger charge is -2.19. The molecule has 3 N–H and O–H groups in total. The second kappa shape index (κ2) is 6.90. The van der Waals surface area contributed by atoms with E-state index in [0.29, 0.717) is 10.2 Å². The van der Waals surface area contributed by atoms with Crippen LogP contribution in [0.25, 0.3) is 0 Å². The number of sulfonamides is 1. The lowest BCUT2D eigenvalue weighted by atomic mass is 10.1. The topological polar surface area (TPSA) is 81.4 Å². The second-order valence-electron chi connectivity index (χ2n) is 4.64. The number of ether oxygens (including phenoxy) is 1. The molecule has 0 aliphatic heterocycles. The van der Waals surface area contributed by atoms with E-state index in [9.17, 15) is 8.42 Å². The molecule has 0 amide bonds. The molecular formula is C11H18BrClN2O3S. The van der Waals surface area contributed by atoms with Crippen LogP contribution in [-0.2, 0) is 10.0 Å². The van der Waals surface area contributed by atoms with Gasteiger partial charge >= 0.3 is 0 Å². The van der Waals surface area contributed by atoms with E-state index in [1.165, 1.54) is 19.2 Å². The fourth-order valence-electron chi connectivity index (χ4n) is 1.17. The molecule has 0 aliphatic rings. The minimum atomic E-state index is -3.59. The Balaban J connectivity index is 0.00000324. The lowest BCUT2D eigenvalue weighted by molar-refractivity contribution is 0.413. The van der Waals surface area contributed by atoms with Crippen LogP contribution in [0.3, 0.4) is 0 Å². The second-order valence-corrected chi connectivity index (χ2v) is 7.32. The third-order valence-electron chi connectivity index (χ3n) is 2.11. The number of hydrogen-bond acceptors (Lipinski definition) is 4. The molecule has 0 fully saturated rings. The van der Waals surface area contributed by atoms with Gasteiger partial charge in [0.25, 0.3) is 0 Å². The average Bonchev–Trinajstić information content (AvgIpc) is 2.25. The van der Waals surface area contributed by atoms with Gasteiger partial charge in [-0.25, -0.2) is 13.1 Å². The molecule has 110 valence electrons. The first kappa shape index (κ1) is 18.7. The summed E-state index contributed by atoms with van der Waals surface area (Å²) in [6.45, 7) is 3.65. The van der Waals surface area contributed by atoms with Crippen molar-refractivity contribution in [2.24, 2.45) is 5.73 Å². The summed E-state index contributed by atoms with van der Waals surface area (Å²) in [7, 11) is -2.11. The monoisotopic (exact) mass is 372 g/mol. The minimum absolute atomic E-state index is 0. The Labute approximate surface area is 128 Å². The third kappa shape index (κ3) is 6.09. The molecule has 0 saturated carbocycles. The fraction of sp³-hybridized carbons (Fsp3) is 0.455. The van der Waals surface area contributed by atoms with E-state index in [1.807, 2.05) is 0 Å². The standard InChI is InChI=1S/C11H17BrN2O3S.ClH/c1-11(2,13)7-14-18(15,16)10-5-8(12)4-9(6-10)17-3;/h4-6,14H,7,13H2,1-3H3;1H. The van der Waals surface area contributed by atoms with Crippen LogP contribution in [0.1, 0.15) is 13.8 Å². The summed E-state index contributed by atoms with van der Waals surface area (Å²) in [5.74, 6) is 0.469. The number of rotatable bonds is 5. The summed E-state index contributed by atoms with van der Waals surface area (Å²) in [6, 6.07) is 4.65. The molecule has 1 rings (SSSR count). The molecule has 5 nitrogen and oxygen atoms in total. The van der Waals surface area contributed by atoms with Crippen LogP contribution >= 0.6 is 28.3 Å². The fourth-order valence-corrected chi connectivity index (χ4v) is 3.08.